The topological polar surface area (TPSA) is 387 Å². The number of fused-ring (bicyclic) bond motifs is 1. The van der Waals surface area contributed by atoms with Gasteiger partial charge in [-0.25, -0.2) is 4.79 Å². The van der Waals surface area contributed by atoms with Gasteiger partial charge in [0.15, 0.2) is 0 Å². The standard InChI is InChI=1S/C48H70N10O13/c1-26(2)18-34(43(65)58-39(25-60)47(69)55-36(45(67)56-37(48(70)71)19-27(3)4)21-29-23-51-32-15-9-8-14-30(29)32)53-42(64)33(16-10-11-17-49)52-44(66)35(20-28-12-6-5-7-13-28)54-46(68)38(24-59)57-41(63)31(50)22-40(61)62/h5-9,12-15,23,26-27,31,33-39,51,59-60H,10-11,16-22,24-25,49-50H2,1-4H3,(H,52,66)(H,53,64)(H,54,68)(H,55,69)(H,56,67)(H,57,63)(H,58,65)(H,61,62)(H,70,71)/t31-,33-,34-,35-,36-,37-,38-,39-/m0/s1. The highest BCUT2D eigenvalue weighted by Crippen LogP contribution is 2.20. The first kappa shape index (κ1) is 58.4. The zero-order valence-electron chi connectivity index (χ0n) is 40.4. The number of nitrogens with two attached hydrogens (primary N) is 2. The van der Waals surface area contributed by atoms with Crippen LogP contribution in [0.1, 0.15) is 77.3 Å². The van der Waals surface area contributed by atoms with Crippen molar-refractivity contribution in [3.8, 4) is 0 Å². The number of amides is 7. The van der Waals surface area contributed by atoms with E-state index in [0.29, 0.717) is 24.0 Å². The van der Waals surface area contributed by atoms with Gasteiger partial charge in [-0.1, -0.05) is 76.2 Å². The van der Waals surface area contributed by atoms with Crippen molar-refractivity contribution in [1.82, 2.24) is 42.2 Å². The van der Waals surface area contributed by atoms with Crippen molar-refractivity contribution in [3.05, 3.63) is 71.9 Å². The van der Waals surface area contributed by atoms with Crippen molar-refractivity contribution in [2.75, 3.05) is 19.8 Å². The molecule has 23 nitrogen and oxygen atoms in total. The molecule has 0 bridgehead atoms. The van der Waals surface area contributed by atoms with Gasteiger partial charge in [0, 0.05) is 29.9 Å². The summed E-state index contributed by atoms with van der Waals surface area (Å²) in [5.74, 6) is -9.49. The number of H-pyrrole nitrogens is 1. The minimum absolute atomic E-state index is 0.00897. The van der Waals surface area contributed by atoms with Crippen LogP contribution in [0.5, 0.6) is 0 Å². The summed E-state index contributed by atoms with van der Waals surface area (Å²) in [7, 11) is 0. The lowest BCUT2D eigenvalue weighted by Crippen LogP contribution is -2.61. The number of carboxylic acids is 2. The van der Waals surface area contributed by atoms with Crippen LogP contribution < -0.4 is 48.7 Å². The Hall–Kier alpha value is -6.95. The van der Waals surface area contributed by atoms with E-state index in [1.54, 1.807) is 82.4 Å². The molecule has 0 radical (unpaired) electrons. The first-order valence-electron chi connectivity index (χ1n) is 23.5. The predicted molar refractivity (Wildman–Crippen MR) is 260 cm³/mol. The fraction of sp³-hybridized carbons (Fsp3) is 0.521. The molecule has 0 aliphatic heterocycles. The Morgan fingerprint density at radius 3 is 1.55 bits per heavy atom. The second-order valence-electron chi connectivity index (χ2n) is 18.1. The van der Waals surface area contributed by atoms with Crippen molar-refractivity contribution in [1.29, 1.82) is 0 Å². The lowest BCUT2D eigenvalue weighted by molar-refractivity contribution is -0.143. The molecule has 0 fully saturated rings. The molecule has 0 saturated heterocycles. The maximum Gasteiger partial charge on any atom is 0.326 e. The van der Waals surface area contributed by atoms with Gasteiger partial charge in [-0.2, -0.15) is 0 Å². The molecule has 0 unspecified atom stereocenters. The number of carbonyl (C=O) groups is 9. The lowest BCUT2D eigenvalue weighted by atomic mass is 10.0. The molecule has 3 aromatic rings. The van der Waals surface area contributed by atoms with Crippen LogP contribution in [0.25, 0.3) is 10.9 Å². The molecule has 8 atom stereocenters. The van der Waals surface area contributed by atoms with E-state index in [-0.39, 0.29) is 50.5 Å². The van der Waals surface area contributed by atoms with Crippen molar-refractivity contribution in [2.24, 2.45) is 23.3 Å². The van der Waals surface area contributed by atoms with Crippen LogP contribution in [0.15, 0.2) is 60.8 Å². The largest absolute Gasteiger partial charge is 0.481 e. The zero-order valence-corrected chi connectivity index (χ0v) is 40.4. The second kappa shape index (κ2) is 29.3. The number of benzene rings is 2. The molecular weight excluding hydrogens is 925 g/mol. The summed E-state index contributed by atoms with van der Waals surface area (Å²) in [6.45, 7) is 5.44. The van der Waals surface area contributed by atoms with E-state index in [9.17, 15) is 58.5 Å². The Morgan fingerprint density at radius 2 is 1.00 bits per heavy atom. The average Bonchev–Trinajstić information content (AvgIpc) is 3.73. The van der Waals surface area contributed by atoms with E-state index in [2.05, 4.69) is 42.2 Å². The molecular formula is C48H70N10O13. The molecule has 390 valence electrons. The van der Waals surface area contributed by atoms with Gasteiger partial charge in [0.2, 0.25) is 41.4 Å². The minimum atomic E-state index is -1.67. The predicted octanol–water partition coefficient (Wildman–Crippen LogP) is -1.56. The third-order valence-electron chi connectivity index (χ3n) is 11.3. The minimum Gasteiger partial charge on any atom is -0.481 e. The summed E-state index contributed by atoms with van der Waals surface area (Å²) in [6, 6.07) is 4.00. The van der Waals surface area contributed by atoms with E-state index in [1.165, 1.54) is 0 Å². The van der Waals surface area contributed by atoms with Crippen molar-refractivity contribution >= 4 is 64.2 Å². The SMILES string of the molecule is CC(C)C[C@H](NC(=O)[C@H](Cc1c[nH]c2ccccc12)NC(=O)[C@H](CO)NC(=O)[C@H](CC(C)C)NC(=O)[C@H](CCCCN)NC(=O)[C@H](Cc1ccccc1)NC(=O)[C@H](CO)NC(=O)[C@@H](N)CC(=O)O)C(=O)O. The van der Waals surface area contributed by atoms with Crippen LogP contribution in [-0.4, -0.2) is 147 Å². The number of unbranched alkanes of at least 4 members (excludes halogenated alkanes) is 1. The van der Waals surface area contributed by atoms with Gasteiger partial charge in [-0.3, -0.25) is 38.4 Å². The maximum atomic E-state index is 14.2. The van der Waals surface area contributed by atoms with E-state index >= 15 is 0 Å². The number of hydrogen-bond acceptors (Lipinski definition) is 13. The van der Waals surface area contributed by atoms with Crippen LogP contribution in [-0.2, 0) is 56.0 Å². The molecule has 23 heteroatoms. The molecule has 7 amide bonds. The smallest absolute Gasteiger partial charge is 0.326 e. The summed E-state index contributed by atoms with van der Waals surface area (Å²) in [5, 5.41) is 57.5. The fourth-order valence-corrected chi connectivity index (χ4v) is 7.53. The number of aromatic amines is 1. The van der Waals surface area contributed by atoms with E-state index in [1.807, 2.05) is 6.07 Å². The highest BCUT2D eigenvalue weighted by molar-refractivity contribution is 5.98. The third-order valence-corrected chi connectivity index (χ3v) is 11.3. The number of aliphatic carboxylic acids is 2. The zero-order chi connectivity index (χ0) is 52.8. The molecule has 0 aliphatic carbocycles. The first-order chi connectivity index (χ1) is 33.7. The molecule has 0 saturated carbocycles. The summed E-state index contributed by atoms with van der Waals surface area (Å²) in [6.07, 6.45) is 1.51. The van der Waals surface area contributed by atoms with Crippen LogP contribution in [0.2, 0.25) is 0 Å². The Labute approximate surface area is 411 Å². The first-order valence-corrected chi connectivity index (χ1v) is 23.5. The van der Waals surface area contributed by atoms with Gasteiger partial charge in [-0.05, 0) is 67.7 Å². The monoisotopic (exact) mass is 995 g/mol. The summed E-state index contributed by atoms with van der Waals surface area (Å²) < 4.78 is 0. The molecule has 1 aromatic heterocycles. The molecule has 71 heavy (non-hydrogen) atoms. The highest BCUT2D eigenvalue weighted by atomic mass is 16.4. The third kappa shape index (κ3) is 19.4. The number of rotatable bonds is 31. The number of aliphatic hydroxyl groups excluding tert-OH is 2. The van der Waals surface area contributed by atoms with Crippen LogP contribution in [0, 0.1) is 11.8 Å². The molecule has 3 rings (SSSR count). The number of aliphatic hydroxyl groups is 2. The molecule has 16 N–H and O–H groups in total. The number of aromatic nitrogens is 1. The van der Waals surface area contributed by atoms with Gasteiger partial charge in [0.25, 0.3) is 0 Å². The van der Waals surface area contributed by atoms with Gasteiger partial charge in [0.1, 0.15) is 42.3 Å². The average molecular weight is 995 g/mol. The quantitative estimate of drug-likeness (QED) is 0.0324. The normalized spacial score (nSPS) is 14.7. The van der Waals surface area contributed by atoms with Gasteiger partial charge < -0.3 is 74.1 Å². The van der Waals surface area contributed by atoms with Crippen molar-refractivity contribution in [2.45, 2.75) is 127 Å². The summed E-state index contributed by atoms with van der Waals surface area (Å²) in [5.41, 5.74) is 13.3. The molecule has 0 aliphatic rings. The van der Waals surface area contributed by atoms with Gasteiger partial charge in [0.05, 0.1) is 25.7 Å². The number of para-hydroxylation sites is 1. The summed E-state index contributed by atoms with van der Waals surface area (Å²) in [4.78, 5) is 122. The maximum absolute atomic E-state index is 14.2. The van der Waals surface area contributed by atoms with Crippen LogP contribution >= 0.6 is 0 Å². The van der Waals surface area contributed by atoms with Gasteiger partial charge >= 0.3 is 11.9 Å². The molecule has 1 heterocycles. The van der Waals surface area contributed by atoms with Gasteiger partial charge in [-0.15, -0.1) is 0 Å². The number of nitrogens with one attached hydrogen (secondary N) is 8. The van der Waals surface area contributed by atoms with E-state index < -0.39 is 121 Å². The van der Waals surface area contributed by atoms with E-state index in [4.69, 9.17) is 16.6 Å². The Bertz CT molecular complexity index is 2270. The number of hydrogen-bond donors (Lipinski definition) is 14. The Kier molecular flexibility index (Phi) is 24.1. The Balaban J connectivity index is 1.87. The van der Waals surface area contributed by atoms with E-state index in [0.717, 1.165) is 10.9 Å². The number of carboxylic acid groups (broad SMARTS) is 2. The fourth-order valence-electron chi connectivity index (χ4n) is 7.53. The second-order valence-corrected chi connectivity index (χ2v) is 18.1. The molecule has 0 spiro atoms. The molecule has 2 aromatic carbocycles. The van der Waals surface area contributed by atoms with Crippen molar-refractivity contribution in [3.63, 3.8) is 0 Å². The highest BCUT2D eigenvalue weighted by Gasteiger charge is 2.35. The van der Waals surface area contributed by atoms with Crippen LogP contribution in [0.4, 0.5) is 0 Å². The van der Waals surface area contributed by atoms with Crippen LogP contribution in [0.3, 0.4) is 0 Å². The lowest BCUT2D eigenvalue weighted by Gasteiger charge is -2.28. The van der Waals surface area contributed by atoms with Crippen molar-refractivity contribution < 1.29 is 63.6 Å². The summed E-state index contributed by atoms with van der Waals surface area (Å²) >= 11 is 0. The number of carbonyl (C=O) groups excluding carboxylic acids is 7. The Morgan fingerprint density at radius 1 is 0.549 bits per heavy atom.